The van der Waals surface area contributed by atoms with Gasteiger partial charge in [-0.15, -0.1) is 0 Å². The maximum absolute atomic E-state index is 13.6. The number of halogens is 3. The van der Waals surface area contributed by atoms with Crippen molar-refractivity contribution >= 4 is 11.6 Å². The number of benzene rings is 2. The van der Waals surface area contributed by atoms with Gasteiger partial charge in [0.15, 0.2) is 0 Å². The molecule has 106 valence electrons. The Morgan fingerprint density at radius 3 is 2.71 bits per heavy atom. The fraction of sp³-hybridized carbons (Fsp3) is 0.0625. The van der Waals surface area contributed by atoms with E-state index in [4.69, 9.17) is 11.6 Å². The summed E-state index contributed by atoms with van der Waals surface area (Å²) >= 11 is 5.95. The van der Waals surface area contributed by atoms with Crippen LogP contribution in [0.2, 0.25) is 5.02 Å². The number of nitrogens with zero attached hydrogens (tertiary/aromatic N) is 2. The molecule has 0 aliphatic rings. The second-order valence-corrected chi connectivity index (χ2v) is 5.11. The van der Waals surface area contributed by atoms with Gasteiger partial charge in [0.1, 0.15) is 11.6 Å². The van der Waals surface area contributed by atoms with E-state index >= 15 is 0 Å². The Bertz CT molecular complexity index is 783. The monoisotopic (exact) mass is 304 g/mol. The van der Waals surface area contributed by atoms with Crippen LogP contribution in [0.3, 0.4) is 0 Å². The molecule has 0 saturated carbocycles. The van der Waals surface area contributed by atoms with Crippen molar-refractivity contribution in [2.75, 3.05) is 0 Å². The predicted molar refractivity (Wildman–Crippen MR) is 78.1 cm³/mol. The zero-order valence-electron chi connectivity index (χ0n) is 10.9. The van der Waals surface area contributed by atoms with Gasteiger partial charge in [-0.2, -0.15) is 0 Å². The van der Waals surface area contributed by atoms with Crippen LogP contribution >= 0.6 is 11.6 Å². The first kappa shape index (κ1) is 13.8. The minimum absolute atomic E-state index is 0.291. The lowest BCUT2D eigenvalue weighted by Crippen LogP contribution is -1.99. The van der Waals surface area contributed by atoms with Gasteiger partial charge >= 0.3 is 0 Å². The van der Waals surface area contributed by atoms with Crippen LogP contribution < -0.4 is 0 Å². The van der Waals surface area contributed by atoms with Crippen LogP contribution in [0.15, 0.2) is 55.0 Å². The van der Waals surface area contributed by atoms with Crippen molar-refractivity contribution in [3.63, 3.8) is 0 Å². The first-order chi connectivity index (χ1) is 10.1. The third kappa shape index (κ3) is 3.11. The fourth-order valence-corrected chi connectivity index (χ4v) is 2.28. The molecular weight excluding hydrogens is 294 g/mol. The Balaban J connectivity index is 1.85. The summed E-state index contributed by atoms with van der Waals surface area (Å²) in [6.07, 6.45) is 3.41. The fourth-order valence-electron chi connectivity index (χ4n) is 2.09. The minimum atomic E-state index is -0.582. The van der Waals surface area contributed by atoms with Crippen LogP contribution in [0.25, 0.3) is 11.3 Å². The normalized spacial score (nSPS) is 10.8. The Labute approximate surface area is 125 Å². The summed E-state index contributed by atoms with van der Waals surface area (Å²) in [5.74, 6) is -1.14. The summed E-state index contributed by atoms with van der Waals surface area (Å²) < 4.78 is 28.2. The van der Waals surface area contributed by atoms with Crippen LogP contribution in [-0.2, 0) is 6.54 Å². The highest BCUT2D eigenvalue weighted by Crippen LogP contribution is 2.21. The molecule has 0 fully saturated rings. The van der Waals surface area contributed by atoms with Crippen LogP contribution in [0.1, 0.15) is 5.56 Å². The molecule has 0 bridgehead atoms. The van der Waals surface area contributed by atoms with Gasteiger partial charge in [0, 0.05) is 28.4 Å². The summed E-state index contributed by atoms with van der Waals surface area (Å²) in [4.78, 5) is 4.28. The molecule has 1 aromatic heterocycles. The van der Waals surface area contributed by atoms with Crippen LogP contribution in [0, 0.1) is 11.6 Å². The number of aromatic nitrogens is 2. The molecule has 0 atom stereocenters. The maximum atomic E-state index is 13.6. The highest BCUT2D eigenvalue weighted by molar-refractivity contribution is 6.30. The highest BCUT2D eigenvalue weighted by atomic mass is 35.5. The molecule has 0 aliphatic carbocycles. The Morgan fingerprint density at radius 2 is 1.95 bits per heavy atom. The summed E-state index contributed by atoms with van der Waals surface area (Å²) in [5.41, 5.74) is 2.05. The molecule has 3 aromatic rings. The zero-order valence-corrected chi connectivity index (χ0v) is 11.7. The van der Waals surface area contributed by atoms with E-state index < -0.39 is 11.6 Å². The number of hydrogen-bond acceptors (Lipinski definition) is 1. The topological polar surface area (TPSA) is 17.8 Å². The van der Waals surface area contributed by atoms with E-state index in [1.807, 2.05) is 18.2 Å². The summed E-state index contributed by atoms with van der Waals surface area (Å²) in [5, 5.41) is 0.631. The van der Waals surface area contributed by atoms with E-state index in [1.54, 1.807) is 23.2 Å². The van der Waals surface area contributed by atoms with Gasteiger partial charge in [0.25, 0.3) is 0 Å². The van der Waals surface area contributed by atoms with E-state index in [-0.39, 0.29) is 0 Å². The third-order valence-corrected chi connectivity index (χ3v) is 3.36. The minimum Gasteiger partial charge on any atom is -0.332 e. The average molecular weight is 305 g/mol. The first-order valence-corrected chi connectivity index (χ1v) is 6.71. The van der Waals surface area contributed by atoms with Crippen LogP contribution in [0.5, 0.6) is 0 Å². The van der Waals surface area contributed by atoms with E-state index in [1.165, 1.54) is 12.1 Å². The van der Waals surface area contributed by atoms with Crippen molar-refractivity contribution in [2.24, 2.45) is 0 Å². The number of rotatable bonds is 3. The second-order valence-electron chi connectivity index (χ2n) is 4.68. The van der Waals surface area contributed by atoms with E-state index in [0.29, 0.717) is 17.1 Å². The Morgan fingerprint density at radius 1 is 1.10 bits per heavy atom. The molecule has 0 N–H and O–H groups in total. The molecule has 1 heterocycles. The maximum Gasteiger partial charge on any atom is 0.131 e. The standard InChI is InChI=1S/C16H11ClF2N2/c17-13-3-1-2-11(6-13)16-9-21(10-20-16)8-12-4-5-14(18)7-15(12)19/h1-7,9-10H,8H2. The highest BCUT2D eigenvalue weighted by Gasteiger charge is 2.07. The Hall–Kier alpha value is -2.20. The lowest BCUT2D eigenvalue weighted by Gasteiger charge is -2.04. The van der Waals surface area contributed by atoms with E-state index in [0.717, 1.165) is 17.3 Å². The molecule has 0 radical (unpaired) electrons. The smallest absolute Gasteiger partial charge is 0.131 e. The molecular formula is C16H11ClF2N2. The van der Waals surface area contributed by atoms with E-state index in [9.17, 15) is 8.78 Å². The molecule has 2 aromatic carbocycles. The first-order valence-electron chi connectivity index (χ1n) is 6.33. The van der Waals surface area contributed by atoms with Crippen molar-refractivity contribution in [3.8, 4) is 11.3 Å². The van der Waals surface area contributed by atoms with Gasteiger partial charge in [0.05, 0.1) is 18.6 Å². The molecule has 5 heteroatoms. The largest absolute Gasteiger partial charge is 0.332 e. The van der Waals surface area contributed by atoms with Gasteiger partial charge in [-0.1, -0.05) is 29.8 Å². The predicted octanol–water partition coefficient (Wildman–Crippen LogP) is 4.53. The number of imidazole rings is 1. The lowest BCUT2D eigenvalue weighted by atomic mass is 10.2. The van der Waals surface area contributed by atoms with E-state index in [2.05, 4.69) is 4.98 Å². The van der Waals surface area contributed by atoms with Crippen molar-refractivity contribution in [1.82, 2.24) is 9.55 Å². The summed E-state index contributed by atoms with van der Waals surface area (Å²) in [7, 11) is 0. The van der Waals surface area contributed by atoms with Crippen molar-refractivity contribution in [2.45, 2.75) is 6.54 Å². The molecule has 0 amide bonds. The van der Waals surface area contributed by atoms with Gasteiger partial charge in [-0.3, -0.25) is 0 Å². The van der Waals surface area contributed by atoms with Gasteiger partial charge < -0.3 is 4.57 Å². The average Bonchev–Trinajstić information content (AvgIpc) is 2.91. The van der Waals surface area contributed by atoms with Crippen molar-refractivity contribution in [3.05, 3.63) is 77.2 Å². The lowest BCUT2D eigenvalue weighted by molar-refractivity contribution is 0.566. The van der Waals surface area contributed by atoms with Crippen LogP contribution in [-0.4, -0.2) is 9.55 Å². The molecule has 0 aliphatic heterocycles. The van der Waals surface area contributed by atoms with Crippen molar-refractivity contribution < 1.29 is 8.78 Å². The molecule has 2 nitrogen and oxygen atoms in total. The quantitative estimate of drug-likeness (QED) is 0.695. The second kappa shape index (κ2) is 5.66. The molecule has 0 spiro atoms. The third-order valence-electron chi connectivity index (χ3n) is 3.12. The van der Waals surface area contributed by atoms with Crippen LogP contribution in [0.4, 0.5) is 8.78 Å². The number of hydrogen-bond donors (Lipinski definition) is 0. The Kier molecular flexibility index (Phi) is 3.71. The molecule has 0 unspecified atom stereocenters. The zero-order chi connectivity index (χ0) is 14.8. The SMILES string of the molecule is Fc1ccc(Cn2cnc(-c3cccc(Cl)c3)c2)c(F)c1. The molecule has 21 heavy (non-hydrogen) atoms. The van der Waals surface area contributed by atoms with Crippen molar-refractivity contribution in [1.29, 1.82) is 0 Å². The van der Waals surface area contributed by atoms with Gasteiger partial charge in [-0.05, 0) is 18.2 Å². The molecule has 0 saturated heterocycles. The molecule has 3 rings (SSSR count). The summed E-state index contributed by atoms with van der Waals surface area (Å²) in [6.45, 7) is 0.291. The van der Waals surface area contributed by atoms with Gasteiger partial charge in [-0.25, -0.2) is 13.8 Å². The van der Waals surface area contributed by atoms with Gasteiger partial charge in [0.2, 0.25) is 0 Å². The summed E-state index contributed by atoms with van der Waals surface area (Å²) in [6, 6.07) is 10.9.